The van der Waals surface area contributed by atoms with Crippen LogP contribution in [-0.2, 0) is 6.54 Å². The molecule has 1 aromatic heterocycles. The number of hydrogen-bond acceptors (Lipinski definition) is 2. The minimum Gasteiger partial charge on any atom is -0.464 e. The second-order valence-corrected chi connectivity index (χ2v) is 6.60. The zero-order valence-corrected chi connectivity index (χ0v) is 11.7. The van der Waals surface area contributed by atoms with E-state index in [1.807, 2.05) is 0 Å². The van der Waals surface area contributed by atoms with Crippen molar-refractivity contribution in [3.05, 3.63) is 23.7 Å². The van der Waals surface area contributed by atoms with Gasteiger partial charge in [0.15, 0.2) is 0 Å². The number of rotatable bonds is 4. The average molecular weight is 247 g/mol. The monoisotopic (exact) mass is 247 g/mol. The maximum Gasteiger partial charge on any atom is 0.117 e. The van der Waals surface area contributed by atoms with E-state index in [2.05, 4.69) is 31.3 Å². The molecule has 2 saturated carbocycles. The molecular weight excluding hydrogens is 222 g/mol. The summed E-state index contributed by atoms with van der Waals surface area (Å²) in [7, 11) is 0. The van der Waals surface area contributed by atoms with Crippen LogP contribution in [0, 0.1) is 5.92 Å². The summed E-state index contributed by atoms with van der Waals surface area (Å²) < 4.78 is 5.95. The van der Waals surface area contributed by atoms with Crippen LogP contribution < -0.4 is 5.32 Å². The Morgan fingerprint density at radius 1 is 1.28 bits per heavy atom. The predicted octanol–water partition coefficient (Wildman–Crippen LogP) is 4.22. The molecule has 2 aliphatic rings. The van der Waals surface area contributed by atoms with Crippen LogP contribution >= 0.6 is 0 Å². The third kappa shape index (κ3) is 2.64. The summed E-state index contributed by atoms with van der Waals surface area (Å²) in [6, 6.07) is 4.33. The quantitative estimate of drug-likeness (QED) is 0.862. The Hall–Kier alpha value is -0.760. The molecule has 2 atom stereocenters. The molecule has 3 rings (SSSR count). The average Bonchev–Trinajstić information content (AvgIpc) is 2.92. The molecule has 2 fully saturated rings. The fraction of sp³-hybridized carbons (Fsp3) is 0.750. The molecule has 0 radical (unpaired) electrons. The van der Waals surface area contributed by atoms with Crippen molar-refractivity contribution in [2.45, 2.75) is 70.4 Å². The zero-order chi connectivity index (χ0) is 12.6. The van der Waals surface area contributed by atoms with Crippen LogP contribution in [0.5, 0.6) is 0 Å². The van der Waals surface area contributed by atoms with E-state index in [4.69, 9.17) is 4.42 Å². The van der Waals surface area contributed by atoms with Crippen LogP contribution in [0.25, 0.3) is 0 Å². The minimum absolute atomic E-state index is 0.331. The van der Waals surface area contributed by atoms with E-state index in [1.165, 1.54) is 44.3 Å². The molecule has 2 aliphatic carbocycles. The standard InChI is InChI=1S/C16H25NO/c1-12-10-14(12)15-7-6-13(18-15)11-17-16(2)8-4-3-5-9-16/h6-7,12,14,17H,3-5,8-11H2,1-2H3. The van der Waals surface area contributed by atoms with Gasteiger partial charge in [-0.1, -0.05) is 26.2 Å². The van der Waals surface area contributed by atoms with Crippen LogP contribution in [0.1, 0.15) is 69.8 Å². The molecule has 0 saturated heterocycles. The second-order valence-electron chi connectivity index (χ2n) is 6.60. The summed E-state index contributed by atoms with van der Waals surface area (Å²) in [6.07, 6.45) is 8.05. The van der Waals surface area contributed by atoms with Gasteiger partial charge in [-0.2, -0.15) is 0 Å². The van der Waals surface area contributed by atoms with Crippen molar-refractivity contribution < 1.29 is 4.42 Å². The molecule has 18 heavy (non-hydrogen) atoms. The molecule has 1 N–H and O–H groups in total. The first-order valence-electron chi connectivity index (χ1n) is 7.50. The van der Waals surface area contributed by atoms with E-state index in [0.717, 1.165) is 18.2 Å². The van der Waals surface area contributed by atoms with Crippen molar-refractivity contribution in [1.82, 2.24) is 5.32 Å². The highest BCUT2D eigenvalue weighted by atomic mass is 16.3. The highest BCUT2D eigenvalue weighted by molar-refractivity contribution is 5.17. The Bertz CT molecular complexity index is 403. The van der Waals surface area contributed by atoms with Crippen molar-refractivity contribution >= 4 is 0 Å². The highest BCUT2D eigenvalue weighted by Gasteiger charge is 2.36. The summed E-state index contributed by atoms with van der Waals surface area (Å²) in [5.41, 5.74) is 0.331. The molecular formula is C16H25NO. The van der Waals surface area contributed by atoms with Crippen molar-refractivity contribution in [2.24, 2.45) is 5.92 Å². The van der Waals surface area contributed by atoms with Gasteiger partial charge in [-0.25, -0.2) is 0 Å². The summed E-state index contributed by atoms with van der Waals surface area (Å²) in [6.45, 7) is 5.55. The molecule has 0 spiro atoms. The lowest BCUT2D eigenvalue weighted by molar-refractivity contribution is 0.244. The molecule has 1 aromatic rings. The lowest BCUT2D eigenvalue weighted by Crippen LogP contribution is -2.43. The Balaban J connectivity index is 1.54. The van der Waals surface area contributed by atoms with E-state index in [-0.39, 0.29) is 0 Å². The number of nitrogens with one attached hydrogen (secondary N) is 1. The van der Waals surface area contributed by atoms with Crippen molar-refractivity contribution in [1.29, 1.82) is 0 Å². The van der Waals surface area contributed by atoms with Gasteiger partial charge in [-0.05, 0) is 44.2 Å². The van der Waals surface area contributed by atoms with Crippen LogP contribution in [0.3, 0.4) is 0 Å². The Morgan fingerprint density at radius 3 is 2.67 bits per heavy atom. The first kappa shape index (κ1) is 12.3. The third-order valence-electron chi connectivity index (χ3n) is 4.80. The summed E-state index contributed by atoms with van der Waals surface area (Å²) in [4.78, 5) is 0. The van der Waals surface area contributed by atoms with Gasteiger partial charge in [0.2, 0.25) is 0 Å². The molecule has 0 aliphatic heterocycles. The molecule has 100 valence electrons. The Labute approximate surface area is 110 Å². The largest absolute Gasteiger partial charge is 0.464 e. The van der Waals surface area contributed by atoms with Gasteiger partial charge in [-0.3, -0.25) is 0 Å². The van der Waals surface area contributed by atoms with Crippen LogP contribution in [0.15, 0.2) is 16.5 Å². The maximum absolute atomic E-state index is 5.95. The van der Waals surface area contributed by atoms with E-state index in [9.17, 15) is 0 Å². The van der Waals surface area contributed by atoms with Gasteiger partial charge in [0.1, 0.15) is 11.5 Å². The molecule has 0 aromatic carbocycles. The molecule has 0 bridgehead atoms. The lowest BCUT2D eigenvalue weighted by Gasteiger charge is -2.34. The van der Waals surface area contributed by atoms with Crippen molar-refractivity contribution in [3.8, 4) is 0 Å². The third-order valence-corrected chi connectivity index (χ3v) is 4.80. The predicted molar refractivity (Wildman–Crippen MR) is 73.6 cm³/mol. The Kier molecular flexibility index (Phi) is 3.23. The van der Waals surface area contributed by atoms with Gasteiger partial charge in [-0.15, -0.1) is 0 Å². The van der Waals surface area contributed by atoms with E-state index in [0.29, 0.717) is 11.5 Å². The first-order chi connectivity index (χ1) is 8.66. The van der Waals surface area contributed by atoms with Crippen LogP contribution in [0.2, 0.25) is 0 Å². The van der Waals surface area contributed by atoms with Crippen LogP contribution in [0.4, 0.5) is 0 Å². The second kappa shape index (κ2) is 4.73. The molecule has 2 unspecified atom stereocenters. The molecule has 2 nitrogen and oxygen atoms in total. The Morgan fingerprint density at radius 2 is 2.00 bits per heavy atom. The van der Waals surface area contributed by atoms with Gasteiger partial charge in [0, 0.05) is 11.5 Å². The first-order valence-corrected chi connectivity index (χ1v) is 7.50. The van der Waals surface area contributed by atoms with E-state index < -0.39 is 0 Å². The van der Waals surface area contributed by atoms with Gasteiger partial charge >= 0.3 is 0 Å². The smallest absolute Gasteiger partial charge is 0.117 e. The molecule has 1 heterocycles. The molecule has 2 heteroatoms. The molecule has 0 amide bonds. The van der Waals surface area contributed by atoms with Gasteiger partial charge in [0.05, 0.1) is 6.54 Å². The maximum atomic E-state index is 5.95. The summed E-state index contributed by atoms with van der Waals surface area (Å²) >= 11 is 0. The fourth-order valence-corrected chi connectivity index (χ4v) is 3.22. The normalized spacial score (nSPS) is 30.3. The number of furan rings is 1. The van der Waals surface area contributed by atoms with Crippen molar-refractivity contribution in [3.63, 3.8) is 0 Å². The van der Waals surface area contributed by atoms with Crippen molar-refractivity contribution in [2.75, 3.05) is 0 Å². The van der Waals surface area contributed by atoms with E-state index in [1.54, 1.807) is 0 Å². The fourth-order valence-electron chi connectivity index (χ4n) is 3.22. The number of hydrogen-bond donors (Lipinski definition) is 1. The summed E-state index contributed by atoms with van der Waals surface area (Å²) in [5, 5.41) is 3.70. The topological polar surface area (TPSA) is 25.2 Å². The summed E-state index contributed by atoms with van der Waals surface area (Å²) in [5.74, 6) is 3.83. The van der Waals surface area contributed by atoms with E-state index >= 15 is 0 Å². The lowest BCUT2D eigenvalue weighted by atomic mass is 9.83. The highest BCUT2D eigenvalue weighted by Crippen LogP contribution is 2.47. The SMILES string of the molecule is CC1CC1c1ccc(CNC2(C)CCCCC2)o1. The van der Waals surface area contributed by atoms with Crippen LogP contribution in [-0.4, -0.2) is 5.54 Å². The van der Waals surface area contributed by atoms with Gasteiger partial charge in [0.25, 0.3) is 0 Å². The van der Waals surface area contributed by atoms with Gasteiger partial charge < -0.3 is 9.73 Å². The minimum atomic E-state index is 0.331. The zero-order valence-electron chi connectivity index (χ0n) is 11.7.